The molecule has 1 aromatic rings. The van der Waals surface area contributed by atoms with Gasteiger partial charge in [0.25, 0.3) is 0 Å². The second kappa shape index (κ2) is 5.07. The van der Waals surface area contributed by atoms with E-state index in [1.54, 1.807) is 17.0 Å². The molecule has 0 N–H and O–H groups in total. The fourth-order valence-electron chi connectivity index (χ4n) is 1.56. The lowest BCUT2D eigenvalue weighted by atomic mass is 10.0. The van der Waals surface area contributed by atoms with Gasteiger partial charge in [0, 0.05) is 16.2 Å². The van der Waals surface area contributed by atoms with Gasteiger partial charge in [-0.3, -0.25) is 4.79 Å². The Bertz CT molecular complexity index is 368. The van der Waals surface area contributed by atoms with Crippen LogP contribution in [-0.2, 0) is 4.79 Å². The monoisotopic (exact) mass is 259 g/mol. The van der Waals surface area contributed by atoms with E-state index in [1.807, 2.05) is 32.9 Å². The normalized spacial score (nSPS) is 11.3. The molecule has 2 nitrogen and oxygen atoms in total. The van der Waals surface area contributed by atoms with Crippen molar-refractivity contribution in [1.29, 1.82) is 0 Å². The van der Waals surface area contributed by atoms with Crippen molar-refractivity contribution >= 4 is 34.8 Å². The predicted molar refractivity (Wildman–Crippen MR) is 69.4 cm³/mol. The highest BCUT2D eigenvalue weighted by Crippen LogP contribution is 2.25. The van der Waals surface area contributed by atoms with Crippen molar-refractivity contribution in [2.24, 2.45) is 0 Å². The van der Waals surface area contributed by atoms with E-state index in [2.05, 4.69) is 0 Å². The molecule has 0 aliphatic heterocycles. The van der Waals surface area contributed by atoms with Crippen LogP contribution in [0.1, 0.15) is 20.8 Å². The lowest BCUT2D eigenvalue weighted by Crippen LogP contribution is -2.46. The van der Waals surface area contributed by atoms with Gasteiger partial charge in [0.15, 0.2) is 0 Å². The Morgan fingerprint density at radius 2 is 1.75 bits per heavy atom. The number of amides is 1. The van der Waals surface area contributed by atoms with Crippen LogP contribution in [0.25, 0.3) is 0 Å². The molecule has 0 saturated heterocycles. The zero-order valence-electron chi connectivity index (χ0n) is 9.63. The fraction of sp³-hybridized carbons (Fsp3) is 0.417. The van der Waals surface area contributed by atoms with Crippen molar-refractivity contribution in [3.8, 4) is 0 Å². The van der Waals surface area contributed by atoms with Crippen molar-refractivity contribution in [1.82, 2.24) is 0 Å². The number of anilines is 1. The van der Waals surface area contributed by atoms with Gasteiger partial charge >= 0.3 is 0 Å². The molecule has 0 unspecified atom stereocenters. The Kier molecular flexibility index (Phi) is 4.22. The standard InChI is InChI=1S/C12H15Cl2NO/c1-12(2,3)15(11(16)8-13)10-6-4-9(14)5-7-10/h4-7H,8H2,1-3H3. The molecule has 0 aliphatic rings. The van der Waals surface area contributed by atoms with Gasteiger partial charge in [0.05, 0.1) is 0 Å². The minimum Gasteiger partial charge on any atom is -0.306 e. The highest BCUT2D eigenvalue weighted by Gasteiger charge is 2.27. The number of alkyl halides is 1. The lowest BCUT2D eigenvalue weighted by molar-refractivity contribution is -0.117. The number of hydrogen-bond acceptors (Lipinski definition) is 1. The number of carbonyl (C=O) groups is 1. The molecule has 0 saturated carbocycles. The third-order valence-electron chi connectivity index (χ3n) is 2.12. The van der Waals surface area contributed by atoms with Crippen LogP contribution in [0.3, 0.4) is 0 Å². The van der Waals surface area contributed by atoms with E-state index in [-0.39, 0.29) is 17.3 Å². The van der Waals surface area contributed by atoms with Gasteiger partial charge in [-0.1, -0.05) is 11.6 Å². The molecular formula is C12H15Cl2NO. The average Bonchev–Trinajstić information content (AvgIpc) is 2.19. The van der Waals surface area contributed by atoms with E-state index in [4.69, 9.17) is 23.2 Å². The van der Waals surface area contributed by atoms with Crippen molar-refractivity contribution in [2.75, 3.05) is 10.8 Å². The summed E-state index contributed by atoms with van der Waals surface area (Å²) < 4.78 is 0. The summed E-state index contributed by atoms with van der Waals surface area (Å²) >= 11 is 11.4. The van der Waals surface area contributed by atoms with Crippen molar-refractivity contribution in [3.05, 3.63) is 29.3 Å². The molecule has 0 aromatic heterocycles. The number of carbonyl (C=O) groups excluding carboxylic acids is 1. The molecule has 0 heterocycles. The highest BCUT2D eigenvalue weighted by atomic mass is 35.5. The third-order valence-corrected chi connectivity index (χ3v) is 2.60. The second-order valence-corrected chi connectivity index (χ2v) is 5.21. The molecule has 1 amide bonds. The van der Waals surface area contributed by atoms with Crippen LogP contribution in [0, 0.1) is 0 Å². The summed E-state index contributed by atoms with van der Waals surface area (Å²) in [4.78, 5) is 13.5. The predicted octanol–water partition coefficient (Wildman–Crippen LogP) is 3.71. The van der Waals surface area contributed by atoms with Gasteiger partial charge in [-0.25, -0.2) is 0 Å². The smallest absolute Gasteiger partial charge is 0.242 e. The topological polar surface area (TPSA) is 20.3 Å². The maximum atomic E-state index is 11.8. The first-order chi connectivity index (χ1) is 7.36. The van der Waals surface area contributed by atoms with Crippen LogP contribution >= 0.6 is 23.2 Å². The zero-order chi connectivity index (χ0) is 12.3. The van der Waals surface area contributed by atoms with Crippen LogP contribution in [0.2, 0.25) is 5.02 Å². The average molecular weight is 260 g/mol. The number of halogens is 2. The Labute approximate surface area is 106 Å². The second-order valence-electron chi connectivity index (χ2n) is 4.51. The maximum absolute atomic E-state index is 11.8. The maximum Gasteiger partial charge on any atom is 0.242 e. The minimum absolute atomic E-state index is 0.0279. The Hall–Kier alpha value is -0.730. The first kappa shape index (κ1) is 13.3. The zero-order valence-corrected chi connectivity index (χ0v) is 11.1. The molecule has 0 fully saturated rings. The molecule has 16 heavy (non-hydrogen) atoms. The number of hydrogen-bond donors (Lipinski definition) is 0. The number of benzene rings is 1. The van der Waals surface area contributed by atoms with E-state index in [0.29, 0.717) is 5.02 Å². The quantitative estimate of drug-likeness (QED) is 0.742. The summed E-state index contributed by atoms with van der Waals surface area (Å²) in [5.74, 6) is -0.142. The summed E-state index contributed by atoms with van der Waals surface area (Å²) in [5, 5.41) is 0.649. The molecule has 88 valence electrons. The van der Waals surface area contributed by atoms with E-state index in [9.17, 15) is 4.79 Å². The summed E-state index contributed by atoms with van der Waals surface area (Å²) in [5.41, 5.74) is 0.502. The number of rotatable bonds is 2. The van der Waals surface area contributed by atoms with Crippen LogP contribution in [0.15, 0.2) is 24.3 Å². The van der Waals surface area contributed by atoms with Gasteiger partial charge in [-0.15, -0.1) is 11.6 Å². The molecular weight excluding hydrogens is 245 g/mol. The summed E-state index contributed by atoms with van der Waals surface area (Å²) in [6.07, 6.45) is 0. The molecule has 0 aliphatic carbocycles. The van der Waals surface area contributed by atoms with E-state index in [0.717, 1.165) is 5.69 Å². The molecule has 0 spiro atoms. The van der Waals surface area contributed by atoms with E-state index >= 15 is 0 Å². The highest BCUT2D eigenvalue weighted by molar-refractivity contribution is 6.31. The summed E-state index contributed by atoms with van der Waals surface area (Å²) in [6, 6.07) is 7.16. The first-order valence-corrected chi connectivity index (χ1v) is 5.92. The van der Waals surface area contributed by atoms with Crippen LogP contribution < -0.4 is 4.90 Å². The first-order valence-electron chi connectivity index (χ1n) is 5.01. The Morgan fingerprint density at radius 3 is 2.12 bits per heavy atom. The minimum atomic E-state index is -0.306. The SMILES string of the molecule is CC(C)(C)N(C(=O)CCl)c1ccc(Cl)cc1. The van der Waals surface area contributed by atoms with Crippen molar-refractivity contribution < 1.29 is 4.79 Å². The summed E-state index contributed by atoms with van der Waals surface area (Å²) in [7, 11) is 0. The van der Waals surface area contributed by atoms with Gasteiger partial charge < -0.3 is 4.90 Å². The van der Waals surface area contributed by atoms with Gasteiger partial charge in [-0.2, -0.15) is 0 Å². The van der Waals surface area contributed by atoms with Crippen LogP contribution in [0.4, 0.5) is 5.69 Å². The molecule has 1 rings (SSSR count). The Balaban J connectivity index is 3.11. The number of nitrogens with zero attached hydrogens (tertiary/aromatic N) is 1. The third kappa shape index (κ3) is 3.13. The van der Waals surface area contributed by atoms with Gasteiger partial charge in [0.1, 0.15) is 5.88 Å². The van der Waals surface area contributed by atoms with Gasteiger partial charge in [-0.05, 0) is 45.0 Å². The van der Waals surface area contributed by atoms with Crippen molar-refractivity contribution in [2.45, 2.75) is 26.3 Å². The van der Waals surface area contributed by atoms with E-state index < -0.39 is 0 Å². The van der Waals surface area contributed by atoms with E-state index in [1.165, 1.54) is 0 Å². The molecule has 4 heteroatoms. The molecule has 0 bridgehead atoms. The van der Waals surface area contributed by atoms with Gasteiger partial charge in [0.2, 0.25) is 5.91 Å². The lowest BCUT2D eigenvalue weighted by Gasteiger charge is -2.35. The molecule has 0 atom stereocenters. The summed E-state index contributed by atoms with van der Waals surface area (Å²) in [6.45, 7) is 5.89. The van der Waals surface area contributed by atoms with Crippen LogP contribution in [0.5, 0.6) is 0 Å². The van der Waals surface area contributed by atoms with Crippen LogP contribution in [-0.4, -0.2) is 17.3 Å². The molecule has 1 aromatic carbocycles. The van der Waals surface area contributed by atoms with Crippen molar-refractivity contribution in [3.63, 3.8) is 0 Å². The molecule has 0 radical (unpaired) electrons. The fourth-order valence-corrected chi connectivity index (χ4v) is 1.80. The Morgan fingerprint density at radius 1 is 1.25 bits per heavy atom. The largest absolute Gasteiger partial charge is 0.306 e.